The lowest BCUT2D eigenvalue weighted by Gasteiger charge is -2.18. The van der Waals surface area contributed by atoms with Gasteiger partial charge < -0.3 is 0 Å². The third-order valence-corrected chi connectivity index (χ3v) is 1.56. The lowest BCUT2D eigenvalue weighted by atomic mass is 10.3. The minimum atomic E-state index is -0.675. The molecule has 8 nitrogen and oxygen atoms in total. The molecule has 90 valence electrons. The van der Waals surface area contributed by atoms with Crippen molar-refractivity contribution in [3.63, 3.8) is 0 Å². The van der Waals surface area contributed by atoms with E-state index in [9.17, 15) is 19.2 Å². The normalized spacial score (nSPS) is 9.19. The third kappa shape index (κ3) is 5.05. The van der Waals surface area contributed by atoms with E-state index < -0.39 is 23.6 Å². The molecule has 0 aliphatic rings. The quantitative estimate of drug-likeness (QED) is 0.299. The van der Waals surface area contributed by atoms with Gasteiger partial charge in [0.05, 0.1) is 0 Å². The molecule has 0 aromatic heterocycles. The lowest BCUT2D eigenvalue weighted by molar-refractivity contribution is -0.152. The molecule has 0 saturated carbocycles. The fourth-order valence-corrected chi connectivity index (χ4v) is 0.879. The Morgan fingerprint density at radius 2 is 1.69 bits per heavy atom. The van der Waals surface area contributed by atoms with Gasteiger partial charge in [0.2, 0.25) is 23.6 Å². The molecule has 0 bridgehead atoms. The van der Waals surface area contributed by atoms with E-state index in [0.29, 0.717) is 5.01 Å². The summed E-state index contributed by atoms with van der Waals surface area (Å²) in [4.78, 5) is 43.9. The van der Waals surface area contributed by atoms with E-state index in [2.05, 4.69) is 5.43 Å². The van der Waals surface area contributed by atoms with E-state index in [4.69, 9.17) is 5.84 Å². The van der Waals surface area contributed by atoms with Crippen LogP contribution in [0.1, 0.15) is 26.7 Å². The molecule has 0 aliphatic carbocycles. The van der Waals surface area contributed by atoms with Gasteiger partial charge in [-0.05, 0) is 0 Å². The van der Waals surface area contributed by atoms with Gasteiger partial charge in [-0.2, -0.15) is 5.01 Å². The number of hydrogen-bond acceptors (Lipinski definition) is 5. The second-order valence-electron chi connectivity index (χ2n) is 2.98. The summed E-state index contributed by atoms with van der Waals surface area (Å²) in [5, 5.41) is 0.562. The summed E-state index contributed by atoms with van der Waals surface area (Å²) in [6.45, 7) is 2.28. The van der Waals surface area contributed by atoms with Crippen molar-refractivity contribution in [2.45, 2.75) is 26.7 Å². The number of rotatable bonds is 3. The Kier molecular flexibility index (Phi) is 5.71. The largest absolute Gasteiger partial charge is 0.294 e. The van der Waals surface area contributed by atoms with Gasteiger partial charge in [0.15, 0.2) is 0 Å². The first-order valence-corrected chi connectivity index (χ1v) is 4.48. The molecule has 4 N–H and O–H groups in total. The predicted octanol–water partition coefficient (Wildman–Crippen LogP) is -1.82. The monoisotopic (exact) mass is 230 g/mol. The zero-order chi connectivity index (χ0) is 12.7. The number of amides is 4. The van der Waals surface area contributed by atoms with Gasteiger partial charge in [-0.25, -0.2) is 5.84 Å². The summed E-state index contributed by atoms with van der Waals surface area (Å²) in [6.07, 6.45) is -0.373. The molecule has 0 atom stereocenters. The highest BCUT2D eigenvalue weighted by Crippen LogP contribution is 1.96. The van der Waals surface area contributed by atoms with Gasteiger partial charge in [-0.15, -0.1) is 0 Å². The molecule has 0 aliphatic heterocycles. The highest BCUT2D eigenvalue weighted by atomic mass is 16.2. The molecule has 0 heterocycles. The molecule has 4 amide bonds. The van der Waals surface area contributed by atoms with Crippen molar-refractivity contribution in [2.24, 2.45) is 5.84 Å². The van der Waals surface area contributed by atoms with Crippen molar-refractivity contribution in [1.82, 2.24) is 15.9 Å². The van der Waals surface area contributed by atoms with E-state index in [0.717, 1.165) is 13.8 Å². The van der Waals surface area contributed by atoms with Gasteiger partial charge in [-0.3, -0.25) is 30.0 Å². The van der Waals surface area contributed by atoms with Crippen LogP contribution in [0, 0.1) is 0 Å². The fourth-order valence-electron chi connectivity index (χ4n) is 0.879. The van der Waals surface area contributed by atoms with Crippen LogP contribution in [0.2, 0.25) is 0 Å². The maximum Gasteiger partial charge on any atom is 0.248 e. The van der Waals surface area contributed by atoms with Crippen molar-refractivity contribution in [2.75, 3.05) is 0 Å². The van der Waals surface area contributed by atoms with Crippen molar-refractivity contribution >= 4 is 23.6 Å². The van der Waals surface area contributed by atoms with E-state index in [1.165, 1.54) is 0 Å². The van der Waals surface area contributed by atoms with Crippen LogP contribution in [0.4, 0.5) is 0 Å². The molecule has 0 radical (unpaired) electrons. The second kappa shape index (κ2) is 6.51. The Morgan fingerprint density at radius 1 is 1.12 bits per heavy atom. The van der Waals surface area contributed by atoms with E-state index in [-0.39, 0.29) is 12.8 Å². The zero-order valence-electron chi connectivity index (χ0n) is 9.07. The summed E-state index contributed by atoms with van der Waals surface area (Å²) < 4.78 is 0. The van der Waals surface area contributed by atoms with Crippen LogP contribution in [0.25, 0.3) is 0 Å². The van der Waals surface area contributed by atoms with Gasteiger partial charge in [-0.1, -0.05) is 0 Å². The smallest absolute Gasteiger partial charge is 0.248 e. The molecule has 0 aromatic rings. The molecule has 8 heteroatoms. The average Bonchev–Trinajstić information content (AvgIpc) is 2.21. The standard InChI is InChI=1S/C8H14N4O4/c1-5(13)11-12(6(2)14)8(16)4-3-7(15)10-9/h3-4,9H2,1-2H3,(H,10,15)(H,11,13). The molecular weight excluding hydrogens is 216 g/mol. The first-order chi connectivity index (χ1) is 7.38. The van der Waals surface area contributed by atoms with Crippen LogP contribution in [0.5, 0.6) is 0 Å². The lowest BCUT2D eigenvalue weighted by Crippen LogP contribution is -2.48. The molecule has 0 spiro atoms. The van der Waals surface area contributed by atoms with Gasteiger partial charge >= 0.3 is 0 Å². The molecule has 0 rings (SSSR count). The zero-order valence-corrected chi connectivity index (χ0v) is 9.07. The molecular formula is C8H14N4O4. The van der Waals surface area contributed by atoms with Crippen LogP contribution >= 0.6 is 0 Å². The van der Waals surface area contributed by atoms with Crippen LogP contribution in [-0.4, -0.2) is 28.6 Å². The Bertz CT molecular complexity index is 315. The summed E-state index contributed by atoms with van der Waals surface area (Å²) in [7, 11) is 0. The highest BCUT2D eigenvalue weighted by Gasteiger charge is 2.19. The summed E-state index contributed by atoms with van der Waals surface area (Å²) in [5.74, 6) is 2.43. The van der Waals surface area contributed by atoms with E-state index in [1.54, 1.807) is 0 Å². The number of hydrazine groups is 2. The number of carbonyl (C=O) groups excluding carboxylic acids is 4. The summed E-state index contributed by atoms with van der Waals surface area (Å²) >= 11 is 0. The van der Waals surface area contributed by atoms with Crippen LogP contribution in [0.3, 0.4) is 0 Å². The Morgan fingerprint density at radius 3 is 2.06 bits per heavy atom. The van der Waals surface area contributed by atoms with Crippen LogP contribution in [0.15, 0.2) is 0 Å². The molecule has 0 saturated heterocycles. The van der Waals surface area contributed by atoms with Crippen molar-refractivity contribution in [3.8, 4) is 0 Å². The minimum Gasteiger partial charge on any atom is -0.294 e. The third-order valence-electron chi connectivity index (χ3n) is 1.56. The van der Waals surface area contributed by atoms with Crippen molar-refractivity contribution in [1.29, 1.82) is 0 Å². The number of nitrogens with two attached hydrogens (primary N) is 1. The molecule has 0 aromatic carbocycles. The minimum absolute atomic E-state index is 0.154. The molecule has 0 unspecified atom stereocenters. The maximum absolute atomic E-state index is 11.4. The molecule has 16 heavy (non-hydrogen) atoms. The first kappa shape index (κ1) is 14.0. The van der Waals surface area contributed by atoms with E-state index in [1.807, 2.05) is 5.43 Å². The van der Waals surface area contributed by atoms with Crippen molar-refractivity contribution in [3.05, 3.63) is 0 Å². The molecule has 0 fully saturated rings. The summed E-state index contributed by atoms with van der Waals surface area (Å²) in [6, 6.07) is 0. The summed E-state index contributed by atoms with van der Waals surface area (Å²) in [5.41, 5.74) is 3.90. The van der Waals surface area contributed by atoms with E-state index >= 15 is 0 Å². The second-order valence-corrected chi connectivity index (χ2v) is 2.98. The Balaban J connectivity index is 4.34. The van der Waals surface area contributed by atoms with Gasteiger partial charge in [0, 0.05) is 26.7 Å². The topological polar surface area (TPSA) is 122 Å². The number of hydrogen-bond donors (Lipinski definition) is 3. The van der Waals surface area contributed by atoms with Gasteiger partial charge in [0.1, 0.15) is 0 Å². The van der Waals surface area contributed by atoms with Crippen molar-refractivity contribution < 1.29 is 19.2 Å². The Hall–Kier alpha value is -1.96. The Labute approximate surface area is 92.1 Å². The predicted molar refractivity (Wildman–Crippen MR) is 52.9 cm³/mol. The van der Waals surface area contributed by atoms with Gasteiger partial charge in [0.25, 0.3) is 0 Å². The average molecular weight is 230 g/mol. The fraction of sp³-hybridized carbons (Fsp3) is 0.500. The van der Waals surface area contributed by atoms with Crippen LogP contribution < -0.4 is 16.7 Å². The maximum atomic E-state index is 11.4. The highest BCUT2D eigenvalue weighted by molar-refractivity contribution is 5.97. The number of nitrogens with one attached hydrogen (secondary N) is 2. The number of imide groups is 1. The number of nitrogens with zero attached hydrogens (tertiary/aromatic N) is 1. The van der Waals surface area contributed by atoms with Crippen LogP contribution in [-0.2, 0) is 19.2 Å². The number of carbonyl (C=O) groups is 4. The first-order valence-electron chi connectivity index (χ1n) is 4.48. The SMILES string of the molecule is CC(=O)NN(C(C)=O)C(=O)CCC(=O)NN.